The third kappa shape index (κ3) is 4.50. The number of hydrogen-bond donors (Lipinski definition) is 1. The lowest BCUT2D eigenvalue weighted by Crippen LogP contribution is -2.14. The first-order valence-electron chi connectivity index (χ1n) is 7.81. The molecule has 140 valence electrons. The maximum Gasteiger partial charge on any atom is 0.348 e. The number of esters is 2. The second-order valence-electron chi connectivity index (χ2n) is 5.04. The summed E-state index contributed by atoms with van der Waals surface area (Å²) in [5, 5.41) is 2.78. The summed E-state index contributed by atoms with van der Waals surface area (Å²) in [6.45, 7) is 3.75. The van der Waals surface area contributed by atoms with Gasteiger partial charge < -0.3 is 23.9 Å². The maximum atomic E-state index is 12.3. The predicted octanol–water partition coefficient (Wildman–Crippen LogP) is 2.88. The number of carbonyl (C=O) groups excluding carboxylic acids is 3. The molecule has 1 N–H and O–H groups in total. The second kappa shape index (κ2) is 9.16. The Labute approximate surface area is 154 Å². The first kappa shape index (κ1) is 19.7. The van der Waals surface area contributed by atoms with E-state index in [1.54, 1.807) is 19.9 Å². The lowest BCUT2D eigenvalue weighted by molar-refractivity contribution is 0.0392. The van der Waals surface area contributed by atoms with Crippen LogP contribution in [-0.2, 0) is 14.2 Å². The van der Waals surface area contributed by atoms with Gasteiger partial charge in [-0.1, -0.05) is 0 Å². The van der Waals surface area contributed by atoms with E-state index in [1.807, 2.05) is 0 Å². The second-order valence-corrected chi connectivity index (χ2v) is 6.06. The van der Waals surface area contributed by atoms with Gasteiger partial charge in [0.2, 0.25) is 0 Å². The maximum absolute atomic E-state index is 12.3. The van der Waals surface area contributed by atoms with E-state index in [0.717, 1.165) is 11.3 Å². The van der Waals surface area contributed by atoms with Gasteiger partial charge in [-0.25, -0.2) is 9.59 Å². The lowest BCUT2D eigenvalue weighted by atomic mass is 10.1. The van der Waals surface area contributed by atoms with Gasteiger partial charge in [0.25, 0.3) is 5.91 Å². The van der Waals surface area contributed by atoms with Crippen molar-refractivity contribution >= 4 is 34.2 Å². The number of carbonyl (C=O) groups is 3. The summed E-state index contributed by atoms with van der Waals surface area (Å²) in [6, 6.07) is 3.05. The smallest absolute Gasteiger partial charge is 0.348 e. The fraction of sp³-hybridized carbons (Fsp3) is 0.353. The monoisotopic (exact) mass is 381 g/mol. The molecule has 0 fully saturated rings. The fourth-order valence-electron chi connectivity index (χ4n) is 2.10. The molecule has 0 radical (unpaired) electrons. The van der Waals surface area contributed by atoms with Crippen molar-refractivity contribution in [3.05, 3.63) is 40.2 Å². The molecule has 0 saturated carbocycles. The minimum absolute atomic E-state index is 0.0788. The number of furan rings is 1. The quantitative estimate of drug-likeness (QED) is 0.554. The Morgan fingerprint density at radius 1 is 1.19 bits per heavy atom. The van der Waals surface area contributed by atoms with Crippen LogP contribution in [0.3, 0.4) is 0 Å². The number of methoxy groups -OCH3 is 1. The molecule has 0 aliphatic heterocycles. The molecule has 0 bridgehead atoms. The molecule has 0 spiro atoms. The number of thiophene rings is 1. The molecule has 26 heavy (non-hydrogen) atoms. The molecular formula is C17H19NO7S. The molecule has 0 atom stereocenters. The van der Waals surface area contributed by atoms with Gasteiger partial charge in [0.05, 0.1) is 25.0 Å². The van der Waals surface area contributed by atoms with E-state index in [4.69, 9.17) is 18.6 Å². The van der Waals surface area contributed by atoms with Gasteiger partial charge >= 0.3 is 11.9 Å². The van der Waals surface area contributed by atoms with Crippen molar-refractivity contribution in [2.45, 2.75) is 13.8 Å². The van der Waals surface area contributed by atoms with Gasteiger partial charge in [0, 0.05) is 7.11 Å². The molecule has 0 aliphatic carbocycles. The van der Waals surface area contributed by atoms with Crippen molar-refractivity contribution < 1.29 is 33.0 Å². The summed E-state index contributed by atoms with van der Waals surface area (Å²) in [5.41, 5.74) is 0.501. The zero-order valence-electron chi connectivity index (χ0n) is 14.6. The number of nitrogens with one attached hydrogen (secondary N) is 1. The van der Waals surface area contributed by atoms with Gasteiger partial charge in [0.15, 0.2) is 5.76 Å². The van der Waals surface area contributed by atoms with Gasteiger partial charge in [-0.15, -0.1) is 11.3 Å². The third-order valence-electron chi connectivity index (χ3n) is 3.30. The molecule has 2 aromatic rings. The molecule has 0 aromatic carbocycles. The SMILES string of the molecule is CCOC(=O)c1c(NC(=O)c2ccco2)sc(C(=O)OCCOC)c1C. The number of ether oxygens (including phenoxy) is 3. The van der Waals surface area contributed by atoms with Crippen LogP contribution in [0.5, 0.6) is 0 Å². The molecule has 8 nitrogen and oxygen atoms in total. The minimum atomic E-state index is -0.632. The van der Waals surface area contributed by atoms with Gasteiger partial charge in [-0.05, 0) is 31.5 Å². The zero-order valence-corrected chi connectivity index (χ0v) is 15.4. The van der Waals surface area contributed by atoms with Crippen LogP contribution in [0, 0.1) is 6.92 Å². The van der Waals surface area contributed by atoms with Crippen LogP contribution in [0.1, 0.15) is 43.1 Å². The molecule has 9 heteroatoms. The number of hydrogen-bond acceptors (Lipinski definition) is 8. The Kier molecular flexibility index (Phi) is 6.93. The van der Waals surface area contributed by atoms with E-state index < -0.39 is 17.8 Å². The van der Waals surface area contributed by atoms with E-state index in [-0.39, 0.29) is 41.0 Å². The highest BCUT2D eigenvalue weighted by molar-refractivity contribution is 7.18. The molecule has 0 aliphatic rings. The lowest BCUT2D eigenvalue weighted by Gasteiger charge is -2.06. The van der Waals surface area contributed by atoms with Crippen LogP contribution < -0.4 is 5.32 Å². The molecule has 2 rings (SSSR count). The number of rotatable bonds is 8. The van der Waals surface area contributed by atoms with E-state index in [2.05, 4.69) is 5.32 Å². The van der Waals surface area contributed by atoms with Crippen LogP contribution in [0.4, 0.5) is 5.00 Å². The Morgan fingerprint density at radius 3 is 2.58 bits per heavy atom. The fourth-order valence-corrected chi connectivity index (χ4v) is 3.18. The summed E-state index contributed by atoms with van der Waals surface area (Å²) in [4.78, 5) is 37.0. The third-order valence-corrected chi connectivity index (χ3v) is 4.49. The minimum Gasteiger partial charge on any atom is -0.462 e. The number of amides is 1. The van der Waals surface area contributed by atoms with Crippen LogP contribution in [-0.4, -0.2) is 44.8 Å². The number of anilines is 1. The largest absolute Gasteiger partial charge is 0.462 e. The molecule has 1 amide bonds. The topological polar surface area (TPSA) is 104 Å². The first-order chi connectivity index (χ1) is 12.5. The predicted molar refractivity (Wildman–Crippen MR) is 93.8 cm³/mol. The van der Waals surface area contributed by atoms with E-state index in [1.165, 1.54) is 19.4 Å². The molecular weight excluding hydrogens is 362 g/mol. The van der Waals surface area contributed by atoms with Crippen molar-refractivity contribution in [1.29, 1.82) is 0 Å². The van der Waals surface area contributed by atoms with Crippen molar-refractivity contribution in [3.8, 4) is 0 Å². The summed E-state index contributed by atoms with van der Waals surface area (Å²) in [6.07, 6.45) is 1.36. The standard InChI is InChI=1S/C17H19NO7S/c1-4-23-16(20)12-10(2)13(17(21)25-9-8-22-3)26-15(12)18-14(19)11-6-5-7-24-11/h5-7H,4,8-9H2,1-3H3,(H,18,19). The molecule has 2 aromatic heterocycles. The normalized spacial score (nSPS) is 10.4. The van der Waals surface area contributed by atoms with E-state index in [0.29, 0.717) is 5.56 Å². The Morgan fingerprint density at radius 2 is 1.96 bits per heavy atom. The van der Waals surface area contributed by atoms with Gasteiger partial charge in [-0.2, -0.15) is 0 Å². The summed E-state index contributed by atoms with van der Waals surface area (Å²) < 4.78 is 20.0. The average molecular weight is 381 g/mol. The van der Waals surface area contributed by atoms with E-state index >= 15 is 0 Å². The van der Waals surface area contributed by atoms with Crippen LogP contribution in [0.2, 0.25) is 0 Å². The highest BCUT2D eigenvalue weighted by Gasteiger charge is 2.28. The Balaban J connectivity index is 2.32. The van der Waals surface area contributed by atoms with Crippen LogP contribution in [0.25, 0.3) is 0 Å². The highest BCUT2D eigenvalue weighted by Crippen LogP contribution is 2.34. The van der Waals surface area contributed by atoms with Crippen LogP contribution in [0.15, 0.2) is 22.8 Å². The highest BCUT2D eigenvalue weighted by atomic mass is 32.1. The van der Waals surface area contributed by atoms with Crippen molar-refractivity contribution in [3.63, 3.8) is 0 Å². The Hall–Kier alpha value is -2.65. The molecule has 2 heterocycles. The van der Waals surface area contributed by atoms with Crippen molar-refractivity contribution in [2.75, 3.05) is 32.2 Å². The summed E-state index contributed by atoms with van der Waals surface area (Å²) >= 11 is 0.942. The summed E-state index contributed by atoms with van der Waals surface area (Å²) in [5.74, 6) is -1.70. The average Bonchev–Trinajstić information content (AvgIpc) is 3.23. The van der Waals surface area contributed by atoms with E-state index in [9.17, 15) is 14.4 Å². The van der Waals surface area contributed by atoms with Gasteiger partial charge in [0.1, 0.15) is 16.5 Å². The molecule has 0 unspecified atom stereocenters. The van der Waals surface area contributed by atoms with Gasteiger partial charge in [-0.3, -0.25) is 4.79 Å². The zero-order chi connectivity index (χ0) is 19.1. The summed E-state index contributed by atoms with van der Waals surface area (Å²) in [7, 11) is 1.49. The Bertz CT molecular complexity index is 779. The molecule has 0 saturated heterocycles. The first-order valence-corrected chi connectivity index (χ1v) is 8.62. The van der Waals surface area contributed by atoms with Crippen LogP contribution >= 0.6 is 11.3 Å². The van der Waals surface area contributed by atoms with Crippen molar-refractivity contribution in [2.24, 2.45) is 0 Å². The van der Waals surface area contributed by atoms with Crippen molar-refractivity contribution in [1.82, 2.24) is 0 Å².